The van der Waals surface area contributed by atoms with Crippen LogP contribution in [-0.2, 0) is 18.4 Å². The summed E-state index contributed by atoms with van der Waals surface area (Å²) in [4.78, 5) is 23.3. The molecule has 0 aromatic rings. The molecule has 0 aliphatic heterocycles. The van der Waals surface area contributed by atoms with Crippen LogP contribution in [0.1, 0.15) is 277 Å². The van der Waals surface area contributed by atoms with Gasteiger partial charge < -0.3 is 19.8 Å². The Labute approximate surface area is 429 Å². The van der Waals surface area contributed by atoms with E-state index in [4.69, 9.17) is 9.05 Å². The van der Waals surface area contributed by atoms with Crippen LogP contribution >= 0.6 is 7.82 Å². The van der Waals surface area contributed by atoms with E-state index >= 15 is 0 Å². The number of phosphoric ester groups is 1. The zero-order chi connectivity index (χ0) is 50.6. The quantitative estimate of drug-likeness (QED) is 0.0243. The predicted molar refractivity (Wildman–Crippen MR) is 300 cm³/mol. The van der Waals surface area contributed by atoms with E-state index in [1.54, 1.807) is 0 Å². The van der Waals surface area contributed by atoms with Crippen molar-refractivity contribution in [3.8, 4) is 0 Å². The first-order chi connectivity index (χ1) is 33.5. The lowest BCUT2D eigenvalue weighted by atomic mass is 10.0. The fraction of sp³-hybridized carbons (Fsp3) is 0.850. The standard InChI is InChI=1S/C60H115N2O6P/c1-6-8-10-12-14-16-18-20-22-24-25-26-27-28-29-30-31-32-33-34-35-36-38-39-41-43-45-47-49-51-53-59(63)58(57-68-69(65,66)67-56-55-62(3,4)5)61-60(64)54-52-50-48-46-44-42-40-37-23-21-19-17-15-13-11-9-7-2/h9,11,15,17,21,23,40,42,58-59,63H,6-8,10,12-14,16,18-20,22,24-39,41,43-57H2,1-5H3,(H-,61,64,65,66)/p+1/b11-9-,17-15-,23-21-,42-40-. The Kier molecular flexibility index (Phi) is 50.2. The summed E-state index contributed by atoms with van der Waals surface area (Å²) in [5.41, 5.74) is 0. The summed E-state index contributed by atoms with van der Waals surface area (Å²) in [5, 5.41) is 14.1. The number of aliphatic hydroxyl groups is 1. The van der Waals surface area contributed by atoms with E-state index < -0.39 is 20.0 Å². The van der Waals surface area contributed by atoms with Gasteiger partial charge in [0.25, 0.3) is 0 Å². The third-order valence-corrected chi connectivity index (χ3v) is 14.3. The number of phosphoric acid groups is 1. The number of nitrogens with one attached hydrogen (secondary N) is 1. The molecule has 0 rings (SSSR count). The number of rotatable bonds is 54. The van der Waals surface area contributed by atoms with Gasteiger partial charge in [-0.2, -0.15) is 0 Å². The molecule has 0 fully saturated rings. The van der Waals surface area contributed by atoms with Crippen LogP contribution in [0.3, 0.4) is 0 Å². The summed E-state index contributed by atoms with van der Waals surface area (Å²) in [7, 11) is 1.60. The van der Waals surface area contributed by atoms with Gasteiger partial charge >= 0.3 is 7.82 Å². The third kappa shape index (κ3) is 54.1. The van der Waals surface area contributed by atoms with Crippen LogP contribution in [0.15, 0.2) is 48.6 Å². The van der Waals surface area contributed by atoms with Gasteiger partial charge in [-0.15, -0.1) is 0 Å². The molecule has 9 heteroatoms. The molecule has 0 aliphatic rings. The smallest absolute Gasteiger partial charge is 0.391 e. The monoisotopic (exact) mass is 992 g/mol. The van der Waals surface area contributed by atoms with Gasteiger partial charge in [0.15, 0.2) is 0 Å². The molecule has 0 bridgehead atoms. The number of carbonyl (C=O) groups excluding carboxylic acids is 1. The summed E-state index contributed by atoms with van der Waals surface area (Å²) in [6.07, 6.45) is 67.6. The number of aliphatic hydroxyl groups excluding tert-OH is 1. The molecule has 0 radical (unpaired) electrons. The first-order valence-electron chi connectivity index (χ1n) is 29.5. The van der Waals surface area contributed by atoms with E-state index in [0.29, 0.717) is 23.9 Å². The van der Waals surface area contributed by atoms with Gasteiger partial charge in [0.2, 0.25) is 5.91 Å². The number of hydrogen-bond acceptors (Lipinski definition) is 5. The summed E-state index contributed by atoms with van der Waals surface area (Å²) < 4.78 is 23.8. The van der Waals surface area contributed by atoms with Crippen molar-refractivity contribution in [1.82, 2.24) is 5.32 Å². The van der Waals surface area contributed by atoms with Crippen molar-refractivity contribution in [1.29, 1.82) is 0 Å². The van der Waals surface area contributed by atoms with Crippen molar-refractivity contribution in [2.24, 2.45) is 0 Å². The molecule has 3 unspecified atom stereocenters. The van der Waals surface area contributed by atoms with Crippen LogP contribution in [-0.4, -0.2) is 73.4 Å². The minimum Gasteiger partial charge on any atom is -0.391 e. The Balaban J connectivity index is 4.09. The SMILES string of the molecule is CC/C=C\C/C=C\C/C=C\C/C=C\CCCCCCC(=O)NC(COP(=O)(O)OCC[N+](C)(C)C)C(O)CCCCCCCCCCCCCCCCCCCCCCCCCCCCCCCC. The lowest BCUT2D eigenvalue weighted by Gasteiger charge is -2.26. The maximum atomic E-state index is 13.0. The number of unbranched alkanes of at least 4 members (excludes halogenated alkanes) is 33. The molecule has 3 atom stereocenters. The van der Waals surface area contributed by atoms with Gasteiger partial charge in [0.1, 0.15) is 13.2 Å². The molecular formula is C60H116N2O6P+. The number of hydrogen-bond donors (Lipinski definition) is 3. The van der Waals surface area contributed by atoms with Crippen LogP contribution in [0.4, 0.5) is 0 Å². The number of carbonyl (C=O) groups is 1. The second-order valence-corrected chi connectivity index (χ2v) is 22.8. The summed E-state index contributed by atoms with van der Waals surface area (Å²) in [5.74, 6) is -0.166. The predicted octanol–water partition coefficient (Wildman–Crippen LogP) is 17.9. The molecule has 0 aliphatic carbocycles. The van der Waals surface area contributed by atoms with Crippen molar-refractivity contribution < 1.29 is 32.9 Å². The number of quaternary nitrogens is 1. The molecule has 3 N–H and O–H groups in total. The average Bonchev–Trinajstić information content (AvgIpc) is 3.31. The largest absolute Gasteiger partial charge is 0.472 e. The highest BCUT2D eigenvalue weighted by Gasteiger charge is 2.28. The van der Waals surface area contributed by atoms with Gasteiger partial charge in [-0.05, 0) is 51.4 Å². The van der Waals surface area contributed by atoms with E-state index in [-0.39, 0.29) is 19.1 Å². The number of likely N-dealkylation sites (N-methyl/N-ethyl adjacent to an activating group) is 1. The summed E-state index contributed by atoms with van der Waals surface area (Å²) >= 11 is 0. The Morgan fingerprint density at radius 2 is 0.870 bits per heavy atom. The minimum atomic E-state index is -4.33. The number of allylic oxidation sites excluding steroid dienone is 8. The molecule has 0 saturated carbocycles. The zero-order valence-electron chi connectivity index (χ0n) is 46.3. The summed E-state index contributed by atoms with van der Waals surface area (Å²) in [6.45, 7) is 4.78. The van der Waals surface area contributed by atoms with E-state index in [1.807, 2.05) is 21.1 Å². The van der Waals surface area contributed by atoms with Gasteiger partial charge in [0.05, 0.1) is 39.9 Å². The first kappa shape index (κ1) is 67.5. The molecule has 0 heterocycles. The lowest BCUT2D eigenvalue weighted by molar-refractivity contribution is -0.870. The van der Waals surface area contributed by atoms with Gasteiger partial charge in [-0.3, -0.25) is 13.8 Å². The third-order valence-electron chi connectivity index (χ3n) is 13.3. The van der Waals surface area contributed by atoms with E-state index in [0.717, 1.165) is 77.0 Å². The van der Waals surface area contributed by atoms with Gasteiger partial charge in [0, 0.05) is 6.42 Å². The Hall–Kier alpha value is -1.54. The van der Waals surface area contributed by atoms with Crippen LogP contribution in [0.5, 0.6) is 0 Å². The van der Waals surface area contributed by atoms with Crippen LogP contribution < -0.4 is 5.32 Å². The molecule has 0 saturated heterocycles. The molecule has 1 amide bonds. The van der Waals surface area contributed by atoms with Crippen LogP contribution in [0.25, 0.3) is 0 Å². The van der Waals surface area contributed by atoms with Crippen LogP contribution in [0.2, 0.25) is 0 Å². The second kappa shape index (κ2) is 51.4. The highest BCUT2D eigenvalue weighted by molar-refractivity contribution is 7.47. The van der Waals surface area contributed by atoms with Crippen molar-refractivity contribution in [2.75, 3.05) is 40.9 Å². The Morgan fingerprint density at radius 1 is 0.507 bits per heavy atom. The maximum Gasteiger partial charge on any atom is 0.472 e. The molecular weight excluding hydrogens is 876 g/mol. The van der Waals surface area contributed by atoms with E-state index in [1.165, 1.54) is 173 Å². The zero-order valence-corrected chi connectivity index (χ0v) is 47.2. The molecule has 0 spiro atoms. The highest BCUT2D eigenvalue weighted by Crippen LogP contribution is 2.43. The fourth-order valence-electron chi connectivity index (χ4n) is 8.75. The first-order valence-corrected chi connectivity index (χ1v) is 31.0. The molecule has 0 aromatic carbocycles. The molecule has 0 aromatic heterocycles. The van der Waals surface area contributed by atoms with Crippen LogP contribution in [0, 0.1) is 0 Å². The van der Waals surface area contributed by atoms with E-state index in [2.05, 4.69) is 67.8 Å². The second-order valence-electron chi connectivity index (χ2n) is 21.3. The topological polar surface area (TPSA) is 105 Å². The van der Waals surface area contributed by atoms with Crippen molar-refractivity contribution in [3.63, 3.8) is 0 Å². The number of nitrogens with zero attached hydrogens (tertiary/aromatic N) is 1. The van der Waals surface area contributed by atoms with Gasteiger partial charge in [-0.1, -0.05) is 268 Å². The Morgan fingerprint density at radius 3 is 1.28 bits per heavy atom. The Bertz CT molecular complexity index is 1260. The van der Waals surface area contributed by atoms with Crippen molar-refractivity contribution >= 4 is 13.7 Å². The fourth-order valence-corrected chi connectivity index (χ4v) is 9.48. The highest BCUT2D eigenvalue weighted by atomic mass is 31.2. The average molecular weight is 993 g/mol. The maximum absolute atomic E-state index is 13.0. The van der Waals surface area contributed by atoms with Gasteiger partial charge in [-0.25, -0.2) is 4.57 Å². The molecule has 69 heavy (non-hydrogen) atoms. The normalized spacial score (nSPS) is 14.2. The minimum absolute atomic E-state index is 0.0683. The van der Waals surface area contributed by atoms with E-state index in [9.17, 15) is 19.4 Å². The number of amides is 1. The summed E-state index contributed by atoms with van der Waals surface area (Å²) in [6, 6.07) is -0.776. The van der Waals surface area contributed by atoms with Crippen molar-refractivity contribution in [2.45, 2.75) is 289 Å². The lowest BCUT2D eigenvalue weighted by Crippen LogP contribution is -2.46. The molecule has 8 nitrogen and oxygen atoms in total. The molecule has 406 valence electrons. The van der Waals surface area contributed by atoms with Crippen molar-refractivity contribution in [3.05, 3.63) is 48.6 Å².